The fourth-order valence-corrected chi connectivity index (χ4v) is 3.46. The second-order valence-electron chi connectivity index (χ2n) is 7.16. The third kappa shape index (κ3) is 2.96. The highest BCUT2D eigenvalue weighted by Gasteiger charge is 2.34. The van der Waals surface area contributed by atoms with E-state index in [1.165, 1.54) is 0 Å². The number of hydrogen-bond donors (Lipinski definition) is 1. The predicted molar refractivity (Wildman–Crippen MR) is 95.6 cm³/mol. The van der Waals surface area contributed by atoms with Crippen LogP contribution in [0.3, 0.4) is 0 Å². The van der Waals surface area contributed by atoms with E-state index < -0.39 is 0 Å². The number of aromatic nitrogens is 1. The van der Waals surface area contributed by atoms with Crippen molar-refractivity contribution in [2.45, 2.75) is 33.6 Å². The Hall–Kier alpha value is -2.29. The number of Topliss-reactive ketones (excluding diaryl/α,β-unsaturated/α-hetero) is 1. The summed E-state index contributed by atoms with van der Waals surface area (Å²) in [7, 11) is 0. The number of benzene rings is 1. The molecule has 1 aromatic heterocycles. The predicted octanol–water partition coefficient (Wildman–Crippen LogP) is 4.54. The van der Waals surface area contributed by atoms with Gasteiger partial charge in [0.25, 0.3) is 0 Å². The summed E-state index contributed by atoms with van der Waals surface area (Å²) in [5.41, 5.74) is 5.31. The maximum absolute atomic E-state index is 12.5. The van der Waals surface area contributed by atoms with E-state index in [-0.39, 0.29) is 11.2 Å². The molecule has 0 saturated heterocycles. The SMILES string of the molecule is C=CCNc1cccc(-n2cc(C)c3c2CC(C)(C)CC3=O)c1. The molecule has 0 spiro atoms. The molecule has 23 heavy (non-hydrogen) atoms. The van der Waals surface area contributed by atoms with Crippen LogP contribution in [0.1, 0.15) is 41.9 Å². The number of carbonyl (C=O) groups excluding carboxylic acids is 1. The van der Waals surface area contributed by atoms with Crippen molar-refractivity contribution in [2.24, 2.45) is 5.41 Å². The fraction of sp³-hybridized carbons (Fsp3) is 0.350. The van der Waals surface area contributed by atoms with Gasteiger partial charge in [-0.1, -0.05) is 26.0 Å². The number of hydrogen-bond acceptors (Lipinski definition) is 2. The second-order valence-corrected chi connectivity index (χ2v) is 7.16. The van der Waals surface area contributed by atoms with E-state index in [0.717, 1.165) is 41.2 Å². The van der Waals surface area contributed by atoms with Gasteiger partial charge in [0.05, 0.1) is 0 Å². The lowest BCUT2D eigenvalue weighted by Gasteiger charge is -2.30. The van der Waals surface area contributed by atoms with Gasteiger partial charge in [-0.15, -0.1) is 6.58 Å². The number of anilines is 1. The maximum atomic E-state index is 12.5. The zero-order valence-corrected chi connectivity index (χ0v) is 14.1. The van der Waals surface area contributed by atoms with Crippen LogP contribution in [0.2, 0.25) is 0 Å². The number of fused-ring (bicyclic) bond motifs is 1. The Morgan fingerprint density at radius 3 is 2.87 bits per heavy atom. The van der Waals surface area contributed by atoms with Gasteiger partial charge in [0.1, 0.15) is 0 Å². The molecule has 1 heterocycles. The highest BCUT2D eigenvalue weighted by Crippen LogP contribution is 2.38. The van der Waals surface area contributed by atoms with Gasteiger partial charge in [0, 0.05) is 41.8 Å². The molecule has 0 unspecified atom stereocenters. The summed E-state index contributed by atoms with van der Waals surface area (Å²) in [6.07, 6.45) is 5.49. The maximum Gasteiger partial charge on any atom is 0.165 e. The van der Waals surface area contributed by atoms with Crippen LogP contribution in [-0.2, 0) is 6.42 Å². The standard InChI is InChI=1S/C20H24N2O/c1-5-9-21-15-7-6-8-16(10-15)22-13-14(2)19-17(22)11-20(3,4)12-18(19)23/h5-8,10,13,21H,1,9,11-12H2,2-4H3. The van der Waals surface area contributed by atoms with Crippen LogP contribution in [0, 0.1) is 12.3 Å². The van der Waals surface area contributed by atoms with Crippen LogP contribution in [0.4, 0.5) is 5.69 Å². The van der Waals surface area contributed by atoms with E-state index in [9.17, 15) is 4.79 Å². The fourth-order valence-electron chi connectivity index (χ4n) is 3.46. The molecule has 1 aliphatic rings. The molecule has 0 atom stereocenters. The number of nitrogens with zero attached hydrogens (tertiary/aromatic N) is 1. The van der Waals surface area contributed by atoms with Crippen LogP contribution >= 0.6 is 0 Å². The van der Waals surface area contributed by atoms with Crippen LogP contribution in [0.25, 0.3) is 5.69 Å². The number of aryl methyl sites for hydroxylation is 1. The number of nitrogens with one attached hydrogen (secondary N) is 1. The topological polar surface area (TPSA) is 34.0 Å². The minimum Gasteiger partial charge on any atom is -0.382 e. The van der Waals surface area contributed by atoms with E-state index in [4.69, 9.17) is 0 Å². The van der Waals surface area contributed by atoms with Crippen molar-refractivity contribution in [3.63, 3.8) is 0 Å². The van der Waals surface area contributed by atoms with Gasteiger partial charge in [-0.2, -0.15) is 0 Å². The van der Waals surface area contributed by atoms with E-state index in [1.54, 1.807) is 0 Å². The zero-order chi connectivity index (χ0) is 16.6. The van der Waals surface area contributed by atoms with Gasteiger partial charge in [-0.05, 0) is 42.5 Å². The summed E-state index contributed by atoms with van der Waals surface area (Å²) in [6.45, 7) is 10.8. The third-order valence-corrected chi connectivity index (χ3v) is 4.44. The largest absolute Gasteiger partial charge is 0.382 e. The first-order valence-electron chi connectivity index (χ1n) is 8.10. The molecule has 1 aromatic carbocycles. The molecule has 0 radical (unpaired) electrons. The molecule has 0 bridgehead atoms. The molecule has 2 aromatic rings. The quantitative estimate of drug-likeness (QED) is 0.841. The number of rotatable bonds is 4. The smallest absolute Gasteiger partial charge is 0.165 e. The molecule has 1 aliphatic carbocycles. The summed E-state index contributed by atoms with van der Waals surface area (Å²) < 4.78 is 2.18. The van der Waals surface area contributed by atoms with Crippen LogP contribution in [0.15, 0.2) is 43.1 Å². The van der Waals surface area contributed by atoms with Gasteiger partial charge in [0.15, 0.2) is 5.78 Å². The Labute approximate surface area is 138 Å². The van der Waals surface area contributed by atoms with Crippen molar-refractivity contribution in [3.8, 4) is 5.69 Å². The van der Waals surface area contributed by atoms with Crippen molar-refractivity contribution in [2.75, 3.05) is 11.9 Å². The molecule has 1 N–H and O–H groups in total. The molecule has 3 nitrogen and oxygen atoms in total. The summed E-state index contributed by atoms with van der Waals surface area (Å²) in [5, 5.41) is 3.32. The first-order chi connectivity index (χ1) is 10.9. The summed E-state index contributed by atoms with van der Waals surface area (Å²) in [4.78, 5) is 12.5. The summed E-state index contributed by atoms with van der Waals surface area (Å²) in [5.74, 6) is 0.272. The summed E-state index contributed by atoms with van der Waals surface area (Å²) >= 11 is 0. The van der Waals surface area contributed by atoms with Crippen molar-refractivity contribution in [1.29, 1.82) is 0 Å². The van der Waals surface area contributed by atoms with Crippen molar-refractivity contribution in [3.05, 3.63) is 59.9 Å². The highest BCUT2D eigenvalue weighted by molar-refractivity contribution is 6.00. The minimum atomic E-state index is 0.0192. The molecule has 0 amide bonds. The Kier molecular flexibility index (Phi) is 3.88. The average Bonchev–Trinajstić information content (AvgIpc) is 2.81. The minimum absolute atomic E-state index is 0.0192. The third-order valence-electron chi connectivity index (χ3n) is 4.44. The average molecular weight is 308 g/mol. The number of ketones is 1. The normalized spacial score (nSPS) is 16.0. The first kappa shape index (κ1) is 15.6. The molecule has 3 heteroatoms. The zero-order valence-electron chi connectivity index (χ0n) is 14.1. The molecular formula is C20H24N2O. The van der Waals surface area contributed by atoms with Crippen molar-refractivity contribution < 1.29 is 4.79 Å². The Morgan fingerprint density at radius 2 is 2.13 bits per heavy atom. The van der Waals surface area contributed by atoms with Gasteiger partial charge in [-0.3, -0.25) is 4.79 Å². The van der Waals surface area contributed by atoms with E-state index in [0.29, 0.717) is 6.42 Å². The Morgan fingerprint density at radius 1 is 1.35 bits per heavy atom. The molecule has 3 rings (SSSR count). The van der Waals surface area contributed by atoms with Gasteiger partial charge in [0.2, 0.25) is 0 Å². The lowest BCUT2D eigenvalue weighted by Crippen LogP contribution is -2.28. The van der Waals surface area contributed by atoms with Crippen LogP contribution in [0.5, 0.6) is 0 Å². The molecule has 0 fully saturated rings. The molecule has 120 valence electrons. The van der Waals surface area contributed by atoms with E-state index in [1.807, 2.05) is 25.1 Å². The van der Waals surface area contributed by atoms with Crippen LogP contribution in [-0.4, -0.2) is 16.9 Å². The lowest BCUT2D eigenvalue weighted by molar-refractivity contribution is 0.0910. The lowest BCUT2D eigenvalue weighted by atomic mass is 9.75. The van der Waals surface area contributed by atoms with Gasteiger partial charge < -0.3 is 9.88 Å². The molecule has 0 aliphatic heterocycles. The van der Waals surface area contributed by atoms with E-state index in [2.05, 4.69) is 48.6 Å². The molecule has 0 saturated carbocycles. The van der Waals surface area contributed by atoms with Gasteiger partial charge in [-0.25, -0.2) is 0 Å². The Bertz CT molecular complexity index is 768. The first-order valence-corrected chi connectivity index (χ1v) is 8.10. The highest BCUT2D eigenvalue weighted by atomic mass is 16.1. The monoisotopic (exact) mass is 308 g/mol. The second kappa shape index (κ2) is 5.73. The van der Waals surface area contributed by atoms with Gasteiger partial charge >= 0.3 is 0 Å². The van der Waals surface area contributed by atoms with Crippen molar-refractivity contribution in [1.82, 2.24) is 4.57 Å². The molecular weight excluding hydrogens is 284 g/mol. The van der Waals surface area contributed by atoms with Crippen molar-refractivity contribution >= 4 is 11.5 Å². The summed E-state index contributed by atoms with van der Waals surface area (Å²) in [6, 6.07) is 8.30. The number of carbonyl (C=O) groups is 1. The van der Waals surface area contributed by atoms with Crippen LogP contribution < -0.4 is 5.32 Å². The van der Waals surface area contributed by atoms with E-state index >= 15 is 0 Å². The Balaban J connectivity index is 2.07.